The van der Waals surface area contributed by atoms with Crippen LogP contribution in [-0.2, 0) is 14.3 Å². The molecule has 1 saturated heterocycles. The number of carbonyl (C=O) groups excluding carboxylic acids is 1. The van der Waals surface area contributed by atoms with Gasteiger partial charge in [-0.1, -0.05) is 6.07 Å². The number of hydrogen-bond acceptors (Lipinski definition) is 8. The van der Waals surface area contributed by atoms with Gasteiger partial charge in [0, 0.05) is 25.0 Å². The summed E-state index contributed by atoms with van der Waals surface area (Å²) in [7, 11) is 1.44. The van der Waals surface area contributed by atoms with Gasteiger partial charge in [-0.25, -0.2) is 0 Å². The van der Waals surface area contributed by atoms with Crippen molar-refractivity contribution in [3.8, 4) is 17.2 Å². The van der Waals surface area contributed by atoms with Crippen LogP contribution in [0.15, 0.2) is 33.5 Å². The van der Waals surface area contributed by atoms with Crippen LogP contribution in [0.1, 0.15) is 24.8 Å². The standard InChI is InChI=1S/C20H16O8/c1-8(21)25-14-6-9-15-13(27-20(9)28-14)7-12(24-2)17-18(23)16-10(22)4-3-5-11(16)26-19(15)17/h3-5,7,9,14,20,22H,6H2,1-2H3/t9-,14?,20-/m1/s1. The second-order valence-electron chi connectivity index (χ2n) is 6.78. The SMILES string of the molecule is COc1cc2c(c3oc4cccc(O)c4c(=O)c13)[C@H]1CC(OC(C)=O)O[C@H]1O2. The molecule has 2 aliphatic rings. The first kappa shape index (κ1) is 16.9. The van der Waals surface area contributed by atoms with E-state index < -0.39 is 24.0 Å². The van der Waals surface area contributed by atoms with Crippen molar-refractivity contribution in [3.05, 3.63) is 40.1 Å². The summed E-state index contributed by atoms with van der Waals surface area (Å²) in [6.07, 6.45) is -1.01. The maximum Gasteiger partial charge on any atom is 0.304 e. The van der Waals surface area contributed by atoms with E-state index in [-0.39, 0.29) is 33.8 Å². The lowest BCUT2D eigenvalue weighted by atomic mass is 9.95. The van der Waals surface area contributed by atoms with Gasteiger partial charge in [-0.3, -0.25) is 9.59 Å². The molecule has 3 aromatic rings. The van der Waals surface area contributed by atoms with Crippen LogP contribution in [0.5, 0.6) is 17.2 Å². The van der Waals surface area contributed by atoms with Gasteiger partial charge < -0.3 is 28.5 Å². The zero-order valence-corrected chi connectivity index (χ0v) is 15.1. The Hall–Kier alpha value is -3.26. The summed E-state index contributed by atoms with van der Waals surface area (Å²) >= 11 is 0. The molecule has 1 fully saturated rings. The number of phenols is 1. The number of methoxy groups -OCH3 is 1. The first-order valence-electron chi connectivity index (χ1n) is 8.76. The summed E-state index contributed by atoms with van der Waals surface area (Å²) in [6, 6.07) is 6.25. The Morgan fingerprint density at radius 2 is 2.11 bits per heavy atom. The topological polar surface area (TPSA) is 104 Å². The molecular formula is C20H16O8. The molecule has 0 spiro atoms. The lowest BCUT2D eigenvalue weighted by molar-refractivity contribution is -0.188. The predicted octanol–water partition coefficient (Wildman–Crippen LogP) is 2.77. The summed E-state index contributed by atoms with van der Waals surface area (Å²) in [5.74, 6) is -0.111. The van der Waals surface area contributed by atoms with E-state index in [9.17, 15) is 14.7 Å². The second kappa shape index (κ2) is 5.87. The molecule has 0 amide bonds. The van der Waals surface area contributed by atoms with Crippen molar-refractivity contribution in [1.82, 2.24) is 0 Å². The van der Waals surface area contributed by atoms with E-state index in [1.54, 1.807) is 18.2 Å². The zero-order chi connectivity index (χ0) is 19.6. The molecule has 0 radical (unpaired) electrons. The van der Waals surface area contributed by atoms with Gasteiger partial charge in [-0.15, -0.1) is 0 Å². The van der Waals surface area contributed by atoms with Crippen LogP contribution in [-0.4, -0.2) is 30.8 Å². The van der Waals surface area contributed by atoms with Crippen molar-refractivity contribution in [2.24, 2.45) is 0 Å². The average molecular weight is 384 g/mol. The molecule has 144 valence electrons. The van der Waals surface area contributed by atoms with Gasteiger partial charge in [0.05, 0.1) is 13.0 Å². The fourth-order valence-electron chi connectivity index (χ4n) is 3.99. The molecular weight excluding hydrogens is 368 g/mol. The number of esters is 1. The highest BCUT2D eigenvalue weighted by atomic mass is 16.8. The molecule has 3 atom stereocenters. The minimum Gasteiger partial charge on any atom is -0.507 e. The van der Waals surface area contributed by atoms with Crippen molar-refractivity contribution in [2.75, 3.05) is 7.11 Å². The van der Waals surface area contributed by atoms with Crippen molar-refractivity contribution >= 4 is 27.9 Å². The Bertz CT molecular complexity index is 1190. The largest absolute Gasteiger partial charge is 0.507 e. The molecule has 2 aliphatic heterocycles. The number of aromatic hydroxyl groups is 1. The monoisotopic (exact) mass is 384 g/mol. The first-order valence-corrected chi connectivity index (χ1v) is 8.76. The molecule has 5 rings (SSSR count). The number of carbonyl (C=O) groups is 1. The molecule has 0 bridgehead atoms. The Kier molecular flexibility index (Phi) is 3.54. The van der Waals surface area contributed by atoms with Gasteiger partial charge >= 0.3 is 5.97 Å². The van der Waals surface area contributed by atoms with E-state index >= 15 is 0 Å². The fraction of sp³-hybridized carbons (Fsp3) is 0.300. The quantitative estimate of drug-likeness (QED) is 0.531. The van der Waals surface area contributed by atoms with Crippen LogP contribution in [0.25, 0.3) is 21.9 Å². The molecule has 3 heterocycles. The number of ether oxygens (including phenoxy) is 4. The average Bonchev–Trinajstić information content (AvgIpc) is 3.16. The Morgan fingerprint density at radius 1 is 1.29 bits per heavy atom. The number of fused-ring (bicyclic) bond motifs is 6. The first-order chi connectivity index (χ1) is 13.5. The summed E-state index contributed by atoms with van der Waals surface area (Å²) in [6.45, 7) is 1.31. The number of benzene rings is 2. The van der Waals surface area contributed by atoms with E-state index in [4.69, 9.17) is 23.4 Å². The lowest BCUT2D eigenvalue weighted by Gasteiger charge is -2.14. The zero-order valence-electron chi connectivity index (χ0n) is 15.1. The summed E-state index contributed by atoms with van der Waals surface area (Å²) in [5, 5.41) is 10.4. The van der Waals surface area contributed by atoms with E-state index in [1.807, 2.05) is 0 Å². The smallest absolute Gasteiger partial charge is 0.304 e. The Balaban J connectivity index is 1.77. The molecule has 28 heavy (non-hydrogen) atoms. The van der Waals surface area contributed by atoms with E-state index in [0.29, 0.717) is 23.3 Å². The number of hydrogen-bond donors (Lipinski definition) is 1. The van der Waals surface area contributed by atoms with Crippen molar-refractivity contribution in [1.29, 1.82) is 0 Å². The Morgan fingerprint density at radius 3 is 2.86 bits per heavy atom. The predicted molar refractivity (Wildman–Crippen MR) is 96.6 cm³/mol. The maximum atomic E-state index is 13.1. The minimum atomic E-state index is -0.728. The van der Waals surface area contributed by atoms with Crippen LogP contribution in [0.3, 0.4) is 0 Å². The second-order valence-corrected chi connectivity index (χ2v) is 6.78. The molecule has 0 saturated carbocycles. The van der Waals surface area contributed by atoms with Crippen molar-refractivity contribution in [2.45, 2.75) is 31.8 Å². The molecule has 1 unspecified atom stereocenters. The molecule has 8 nitrogen and oxygen atoms in total. The summed E-state index contributed by atoms with van der Waals surface area (Å²) in [4.78, 5) is 24.4. The minimum absolute atomic E-state index is 0.0872. The van der Waals surface area contributed by atoms with Gasteiger partial charge in [0.1, 0.15) is 39.2 Å². The molecule has 0 aliphatic carbocycles. The third kappa shape index (κ3) is 2.27. The number of rotatable bonds is 2. The fourth-order valence-corrected chi connectivity index (χ4v) is 3.99. The van der Waals surface area contributed by atoms with Gasteiger partial charge in [0.2, 0.25) is 18.0 Å². The van der Waals surface area contributed by atoms with E-state index in [2.05, 4.69) is 0 Å². The van der Waals surface area contributed by atoms with E-state index in [0.717, 1.165) is 0 Å². The highest BCUT2D eigenvalue weighted by Crippen LogP contribution is 2.51. The molecule has 2 aromatic carbocycles. The van der Waals surface area contributed by atoms with Crippen LogP contribution in [0.4, 0.5) is 0 Å². The van der Waals surface area contributed by atoms with Crippen LogP contribution >= 0.6 is 0 Å². The lowest BCUT2D eigenvalue weighted by Crippen LogP contribution is -2.19. The van der Waals surface area contributed by atoms with Crippen LogP contribution in [0, 0.1) is 0 Å². The van der Waals surface area contributed by atoms with Gasteiger partial charge in [-0.05, 0) is 12.1 Å². The van der Waals surface area contributed by atoms with Crippen molar-refractivity contribution < 1.29 is 33.3 Å². The molecule has 1 aromatic heterocycles. The van der Waals surface area contributed by atoms with Gasteiger partial charge in [0.15, 0.2) is 0 Å². The third-order valence-corrected chi connectivity index (χ3v) is 5.11. The molecule has 1 N–H and O–H groups in total. The number of phenolic OH excluding ortho intramolecular Hbond substituents is 1. The third-order valence-electron chi connectivity index (χ3n) is 5.11. The molecule has 8 heteroatoms. The normalized spacial score (nSPS) is 22.7. The van der Waals surface area contributed by atoms with Gasteiger partial charge in [0.25, 0.3) is 0 Å². The highest BCUT2D eigenvalue weighted by Gasteiger charge is 2.47. The van der Waals surface area contributed by atoms with Crippen molar-refractivity contribution in [3.63, 3.8) is 0 Å². The summed E-state index contributed by atoms with van der Waals surface area (Å²) in [5.41, 5.74) is 0.842. The van der Waals surface area contributed by atoms with E-state index in [1.165, 1.54) is 20.1 Å². The maximum absolute atomic E-state index is 13.1. The Labute approximate surface area is 158 Å². The van der Waals surface area contributed by atoms with Crippen LogP contribution < -0.4 is 14.9 Å². The van der Waals surface area contributed by atoms with Gasteiger partial charge in [-0.2, -0.15) is 0 Å². The highest BCUT2D eigenvalue weighted by molar-refractivity contribution is 5.98. The summed E-state index contributed by atoms with van der Waals surface area (Å²) < 4.78 is 28.1. The van der Waals surface area contributed by atoms with Crippen LogP contribution in [0.2, 0.25) is 0 Å².